The Balaban J connectivity index is 1.06. The van der Waals surface area contributed by atoms with Gasteiger partial charge in [0, 0.05) is 77.6 Å². The number of piperidine rings is 1. The highest BCUT2D eigenvalue weighted by Gasteiger charge is 2.53. The molecule has 0 radical (unpaired) electrons. The van der Waals surface area contributed by atoms with Gasteiger partial charge >= 0.3 is 6.09 Å². The molecule has 0 spiro atoms. The summed E-state index contributed by atoms with van der Waals surface area (Å²) in [5.74, 6) is -3.87. The molecule has 2 bridgehead atoms. The number of nitrogens with zero attached hydrogens (tertiary/aromatic N) is 4. The summed E-state index contributed by atoms with van der Waals surface area (Å²) in [6, 6.07) is 12.5. The van der Waals surface area contributed by atoms with Gasteiger partial charge in [0.05, 0.1) is 36.6 Å². The number of imide groups is 1. The SMILES string of the molecule is CC[C@H](C)[C@@H]([C@@H](CC(=O)N1CCC[C@H]1[C@H](OC)[C@@H](C)C(=O)N[C@@H](Cc1ccccc1)C(=O)Nc1ccc(CNC(=O)CCCCCN2C(=O)C=CC2=O)cc1)OC)N(C)C(=O)[C@@H](NC(=O)C1C2CCC(C2)N1C(=O)OC(C)(C)C)C(C)C. The maximum atomic E-state index is 14.7. The minimum Gasteiger partial charge on any atom is -0.444 e. The predicted molar refractivity (Wildman–Crippen MR) is 309 cm³/mol. The van der Waals surface area contributed by atoms with Gasteiger partial charge < -0.3 is 45.3 Å². The van der Waals surface area contributed by atoms with Gasteiger partial charge in [0.15, 0.2) is 0 Å². The number of methoxy groups -OCH3 is 2. The zero-order chi connectivity index (χ0) is 60.0. The zero-order valence-corrected chi connectivity index (χ0v) is 50.1. The molecule has 11 atom stereocenters. The fourth-order valence-electron chi connectivity index (χ4n) is 12.2. The maximum Gasteiger partial charge on any atom is 0.411 e. The minimum absolute atomic E-state index is 0.0425. The summed E-state index contributed by atoms with van der Waals surface area (Å²) in [5, 5.41) is 11.9. The number of fused-ring (bicyclic) bond motifs is 2. The van der Waals surface area contributed by atoms with Crippen LogP contribution in [0, 0.1) is 23.7 Å². The van der Waals surface area contributed by atoms with Crippen LogP contribution in [0.15, 0.2) is 66.7 Å². The van der Waals surface area contributed by atoms with Crippen molar-refractivity contribution >= 4 is 59.0 Å². The van der Waals surface area contributed by atoms with Crippen LogP contribution in [-0.4, -0.2) is 161 Å². The lowest BCUT2D eigenvalue weighted by Crippen LogP contribution is -2.61. The fraction of sp³-hybridized carbons (Fsp3) is 0.629. The van der Waals surface area contributed by atoms with Crippen molar-refractivity contribution in [2.24, 2.45) is 23.7 Å². The summed E-state index contributed by atoms with van der Waals surface area (Å²) >= 11 is 0. The van der Waals surface area contributed by atoms with E-state index in [0.717, 1.165) is 24.0 Å². The Kier molecular flexibility index (Phi) is 23.2. The lowest BCUT2D eigenvalue weighted by molar-refractivity contribution is -0.148. The molecule has 450 valence electrons. The van der Waals surface area contributed by atoms with Crippen molar-refractivity contribution in [1.29, 1.82) is 0 Å². The number of carbonyl (C=O) groups is 9. The van der Waals surface area contributed by atoms with Crippen molar-refractivity contribution in [2.75, 3.05) is 39.7 Å². The summed E-state index contributed by atoms with van der Waals surface area (Å²) in [4.78, 5) is 128. The number of hydrogen-bond donors (Lipinski definition) is 4. The average Bonchev–Trinajstić information content (AvgIpc) is 4.43. The molecule has 2 saturated heterocycles. The molecule has 4 aliphatic rings. The van der Waals surface area contributed by atoms with Crippen LogP contribution < -0.4 is 21.3 Å². The first-order valence-electron chi connectivity index (χ1n) is 29.4. The minimum atomic E-state index is -0.990. The molecule has 9 amide bonds. The number of likely N-dealkylation sites (N-methyl/N-ethyl adjacent to an activating group) is 1. The Morgan fingerprint density at radius 1 is 0.805 bits per heavy atom. The zero-order valence-electron chi connectivity index (χ0n) is 50.1. The number of nitrogens with one attached hydrogen (secondary N) is 4. The van der Waals surface area contributed by atoms with Gasteiger partial charge in [-0.25, -0.2) is 4.79 Å². The van der Waals surface area contributed by atoms with Crippen LogP contribution in [0.25, 0.3) is 0 Å². The fourth-order valence-corrected chi connectivity index (χ4v) is 12.2. The predicted octanol–water partition coefficient (Wildman–Crippen LogP) is 6.30. The number of rotatable bonds is 28. The van der Waals surface area contributed by atoms with Gasteiger partial charge in [0.1, 0.15) is 23.7 Å². The van der Waals surface area contributed by atoms with Crippen molar-refractivity contribution in [3.8, 4) is 0 Å². The molecular formula is C62H90N8O12. The Labute approximate surface area is 484 Å². The maximum absolute atomic E-state index is 14.7. The second kappa shape index (κ2) is 29.5. The molecule has 3 unspecified atom stereocenters. The summed E-state index contributed by atoms with van der Waals surface area (Å²) in [6.45, 7) is 15.9. The molecule has 1 aliphatic carbocycles. The van der Waals surface area contributed by atoms with E-state index in [-0.39, 0.29) is 78.6 Å². The highest BCUT2D eigenvalue weighted by molar-refractivity contribution is 6.12. The average molecular weight is 1140 g/mol. The highest BCUT2D eigenvalue weighted by atomic mass is 16.6. The van der Waals surface area contributed by atoms with E-state index in [1.165, 1.54) is 31.3 Å². The summed E-state index contributed by atoms with van der Waals surface area (Å²) < 4.78 is 17.9. The van der Waals surface area contributed by atoms with Gasteiger partial charge in [-0.2, -0.15) is 0 Å². The number of unbranched alkanes of at least 4 members (excludes halogenated alkanes) is 2. The Hall–Kier alpha value is -6.67. The van der Waals surface area contributed by atoms with Gasteiger partial charge in [-0.1, -0.05) is 89.9 Å². The third-order valence-electron chi connectivity index (χ3n) is 16.8. The molecule has 20 nitrogen and oxygen atoms in total. The van der Waals surface area contributed by atoms with E-state index in [0.29, 0.717) is 70.1 Å². The molecule has 3 aliphatic heterocycles. The third kappa shape index (κ3) is 16.8. The van der Waals surface area contributed by atoms with E-state index in [9.17, 15) is 43.2 Å². The summed E-state index contributed by atoms with van der Waals surface area (Å²) in [7, 11) is 4.72. The van der Waals surface area contributed by atoms with E-state index in [4.69, 9.17) is 14.2 Å². The van der Waals surface area contributed by atoms with Crippen molar-refractivity contribution < 1.29 is 57.4 Å². The summed E-state index contributed by atoms with van der Waals surface area (Å²) in [6.07, 6.45) is 6.99. The molecule has 6 rings (SSSR count). The first-order chi connectivity index (χ1) is 39.0. The third-order valence-corrected chi connectivity index (χ3v) is 16.8. The van der Waals surface area contributed by atoms with Gasteiger partial charge in [-0.3, -0.25) is 48.2 Å². The van der Waals surface area contributed by atoms with E-state index in [1.54, 1.807) is 73.7 Å². The quantitative estimate of drug-likeness (QED) is 0.0542. The molecule has 3 fully saturated rings. The van der Waals surface area contributed by atoms with Crippen LogP contribution in [0.4, 0.5) is 10.5 Å². The first-order valence-corrected chi connectivity index (χ1v) is 29.4. The van der Waals surface area contributed by atoms with Crippen LogP contribution >= 0.6 is 0 Å². The second-order valence-corrected chi connectivity index (χ2v) is 24.1. The first kappa shape index (κ1) is 64.5. The second-order valence-electron chi connectivity index (χ2n) is 24.1. The lowest BCUT2D eigenvalue weighted by atomic mass is 9.89. The standard InChI is InChI=1S/C62H90N8O12/c1-12-39(4)54(67(9)60(78)53(38(2)3)66-59(77)55-43-26-29-45(35-43)70(55)61(79)82-62(6,7)8)48(80-10)36-52(74)68-33-19-22-47(68)56(81-11)40(5)57(75)65-46(34-41-20-15-13-16-21-41)58(76)64-44-27-24-42(25-28-44)37-63-49(71)23-17-14-18-32-69-50(72)30-31-51(69)73/h13,15-16,20-21,24-25,27-28,30-31,38-40,43,45-48,53-56H,12,14,17-19,22-23,26,29,32-37H2,1-11H3,(H,63,71)(H,64,76)(H,65,75)(H,66,77)/t39-,40+,43?,45?,46-,47-,48+,53-,54-,55?,56+/m0/s1. The number of hydrogen-bond acceptors (Lipinski definition) is 12. The Bertz CT molecular complexity index is 2570. The van der Waals surface area contributed by atoms with Gasteiger partial charge in [0.25, 0.3) is 11.8 Å². The molecule has 3 heterocycles. The Morgan fingerprint density at radius 3 is 2.11 bits per heavy atom. The summed E-state index contributed by atoms with van der Waals surface area (Å²) in [5.41, 5.74) is 1.39. The van der Waals surface area contributed by atoms with Crippen LogP contribution in [0.5, 0.6) is 0 Å². The lowest BCUT2D eigenvalue weighted by Gasteiger charge is -2.41. The molecule has 2 aromatic rings. The van der Waals surface area contributed by atoms with Crippen LogP contribution in [-0.2, 0) is 65.5 Å². The molecule has 82 heavy (non-hydrogen) atoms. The monoisotopic (exact) mass is 1140 g/mol. The molecule has 2 aromatic carbocycles. The molecule has 0 aromatic heterocycles. The van der Waals surface area contributed by atoms with Crippen molar-refractivity contribution in [2.45, 2.75) is 193 Å². The van der Waals surface area contributed by atoms with Crippen LogP contribution in [0.2, 0.25) is 0 Å². The van der Waals surface area contributed by atoms with E-state index in [1.807, 2.05) is 58.0 Å². The number of benzene rings is 2. The van der Waals surface area contributed by atoms with Gasteiger partial charge in [0.2, 0.25) is 35.4 Å². The van der Waals surface area contributed by atoms with E-state index in [2.05, 4.69) is 21.3 Å². The van der Waals surface area contributed by atoms with Gasteiger partial charge in [-0.15, -0.1) is 0 Å². The van der Waals surface area contributed by atoms with E-state index >= 15 is 0 Å². The van der Waals surface area contributed by atoms with E-state index < -0.39 is 71.8 Å². The molecule has 4 N–H and O–H groups in total. The van der Waals surface area contributed by atoms with Crippen LogP contribution in [0.1, 0.15) is 137 Å². The highest BCUT2D eigenvalue weighted by Crippen LogP contribution is 2.43. The number of anilines is 1. The molecule has 1 saturated carbocycles. The Morgan fingerprint density at radius 2 is 1.49 bits per heavy atom. The number of likely N-dealkylation sites (tertiary alicyclic amines) is 2. The number of amides is 9. The smallest absolute Gasteiger partial charge is 0.411 e. The molecular weight excluding hydrogens is 1050 g/mol. The largest absolute Gasteiger partial charge is 0.444 e. The van der Waals surface area contributed by atoms with Crippen molar-refractivity contribution in [3.63, 3.8) is 0 Å². The van der Waals surface area contributed by atoms with Crippen LogP contribution in [0.3, 0.4) is 0 Å². The van der Waals surface area contributed by atoms with Gasteiger partial charge in [-0.05, 0) is 107 Å². The molecule has 20 heteroatoms. The van der Waals surface area contributed by atoms with Crippen molar-refractivity contribution in [1.82, 2.24) is 35.6 Å². The van der Waals surface area contributed by atoms with Crippen molar-refractivity contribution in [3.05, 3.63) is 77.9 Å². The number of ether oxygens (including phenoxy) is 3. The normalized spacial score (nSPS) is 21.1. The topological polar surface area (TPSA) is 242 Å². The number of carbonyl (C=O) groups excluding carboxylic acids is 9.